The third-order valence-corrected chi connectivity index (χ3v) is 8.32. The summed E-state index contributed by atoms with van der Waals surface area (Å²) in [4.78, 5) is 31.9. The van der Waals surface area contributed by atoms with E-state index in [1.54, 1.807) is 0 Å². The zero-order chi connectivity index (χ0) is 28.0. The summed E-state index contributed by atoms with van der Waals surface area (Å²) < 4.78 is 6.14. The second-order valence-electron chi connectivity index (χ2n) is 10.6. The largest absolute Gasteiger partial charge is 0.492 e. The Hall–Kier alpha value is -3.84. The Morgan fingerprint density at radius 1 is 0.925 bits per heavy atom. The Bertz CT molecular complexity index is 1280. The zero-order valence-corrected chi connectivity index (χ0v) is 23.6. The van der Waals surface area contributed by atoms with Crippen molar-refractivity contribution in [3.8, 4) is 5.75 Å². The van der Waals surface area contributed by atoms with E-state index >= 15 is 0 Å². The number of amides is 2. The van der Waals surface area contributed by atoms with Crippen LogP contribution >= 0.6 is 0 Å². The minimum Gasteiger partial charge on any atom is -0.492 e. The monoisotopic (exact) mass is 540 g/mol. The first-order chi connectivity index (χ1) is 19.5. The molecule has 0 bridgehead atoms. The first kappa shape index (κ1) is 27.7. The van der Waals surface area contributed by atoms with Crippen molar-refractivity contribution in [2.75, 3.05) is 50.9 Å². The molecule has 2 fully saturated rings. The lowest BCUT2D eigenvalue weighted by molar-refractivity contribution is -0.125. The number of rotatable bonds is 10. The number of hydrogen-bond donors (Lipinski definition) is 1. The molecule has 2 heterocycles. The van der Waals surface area contributed by atoms with Gasteiger partial charge in [-0.05, 0) is 80.6 Å². The summed E-state index contributed by atoms with van der Waals surface area (Å²) >= 11 is 0. The second-order valence-corrected chi connectivity index (χ2v) is 10.6. The van der Waals surface area contributed by atoms with E-state index in [4.69, 9.17) is 4.74 Å². The molecule has 40 heavy (non-hydrogen) atoms. The maximum absolute atomic E-state index is 12.9. The number of ether oxygens (including phenoxy) is 1. The van der Waals surface area contributed by atoms with Crippen LogP contribution in [0.4, 0.5) is 5.69 Å². The second kappa shape index (κ2) is 12.6. The molecule has 0 radical (unpaired) electrons. The fourth-order valence-electron chi connectivity index (χ4n) is 5.91. The summed E-state index contributed by atoms with van der Waals surface area (Å²) in [6, 6.07) is 26.4. The molecule has 2 amide bonds. The first-order valence-electron chi connectivity index (χ1n) is 14.5. The molecule has 3 aromatic carbocycles. The molecule has 7 nitrogen and oxygen atoms in total. The van der Waals surface area contributed by atoms with Gasteiger partial charge in [0.1, 0.15) is 17.9 Å². The van der Waals surface area contributed by atoms with Crippen LogP contribution in [0.25, 0.3) is 0 Å². The van der Waals surface area contributed by atoms with Crippen molar-refractivity contribution < 1.29 is 14.3 Å². The highest BCUT2D eigenvalue weighted by atomic mass is 16.5. The van der Waals surface area contributed by atoms with E-state index in [0.29, 0.717) is 26.4 Å². The van der Waals surface area contributed by atoms with Crippen LogP contribution in [0.5, 0.6) is 5.75 Å². The lowest BCUT2D eigenvalue weighted by Crippen LogP contribution is -2.56. The predicted molar refractivity (Wildman–Crippen MR) is 159 cm³/mol. The van der Waals surface area contributed by atoms with Crippen molar-refractivity contribution in [1.82, 2.24) is 15.1 Å². The van der Waals surface area contributed by atoms with E-state index in [1.165, 1.54) is 5.56 Å². The van der Waals surface area contributed by atoms with Gasteiger partial charge in [-0.3, -0.25) is 14.5 Å². The van der Waals surface area contributed by atoms with Crippen LogP contribution in [0, 0.1) is 0 Å². The molecule has 7 heteroatoms. The Labute approximate surface area is 237 Å². The number of likely N-dealkylation sites (tertiary alicyclic amines) is 1. The minimum absolute atomic E-state index is 0.0795. The molecule has 1 N–H and O–H groups in total. The minimum atomic E-state index is -0.454. The quantitative estimate of drug-likeness (QED) is 0.408. The predicted octanol–water partition coefficient (Wildman–Crippen LogP) is 4.57. The van der Waals surface area contributed by atoms with Gasteiger partial charge in [-0.15, -0.1) is 0 Å². The summed E-state index contributed by atoms with van der Waals surface area (Å²) in [7, 11) is 0. The molecule has 0 atom stereocenters. The van der Waals surface area contributed by atoms with Crippen LogP contribution in [-0.2, 0) is 11.2 Å². The number of hydrogen-bond acceptors (Lipinski definition) is 5. The normalized spacial score (nSPS) is 16.6. The molecule has 2 aliphatic rings. The van der Waals surface area contributed by atoms with E-state index in [9.17, 15) is 9.59 Å². The van der Waals surface area contributed by atoms with Gasteiger partial charge in [0.05, 0.1) is 6.67 Å². The van der Waals surface area contributed by atoms with Crippen molar-refractivity contribution in [2.24, 2.45) is 0 Å². The number of piperidine rings is 1. The van der Waals surface area contributed by atoms with Crippen molar-refractivity contribution >= 4 is 17.5 Å². The third-order valence-electron chi connectivity index (χ3n) is 8.32. The van der Waals surface area contributed by atoms with Crippen LogP contribution in [0.3, 0.4) is 0 Å². The van der Waals surface area contributed by atoms with Crippen molar-refractivity contribution in [2.45, 2.75) is 38.6 Å². The average Bonchev–Trinajstić information content (AvgIpc) is 3.30. The molecule has 5 rings (SSSR count). The highest BCUT2D eigenvalue weighted by Crippen LogP contribution is 2.36. The molecule has 3 aromatic rings. The van der Waals surface area contributed by atoms with Crippen molar-refractivity contribution in [3.63, 3.8) is 0 Å². The molecule has 1 spiro atoms. The van der Waals surface area contributed by atoms with Gasteiger partial charge in [0.15, 0.2) is 0 Å². The van der Waals surface area contributed by atoms with Gasteiger partial charge in [0, 0.05) is 44.0 Å². The maximum Gasteiger partial charge on any atom is 0.253 e. The molecule has 2 saturated heterocycles. The zero-order valence-electron chi connectivity index (χ0n) is 23.6. The van der Waals surface area contributed by atoms with E-state index < -0.39 is 5.54 Å². The highest BCUT2D eigenvalue weighted by molar-refractivity contribution is 5.94. The van der Waals surface area contributed by atoms with Gasteiger partial charge in [-0.25, -0.2) is 0 Å². The highest BCUT2D eigenvalue weighted by Gasteiger charge is 2.50. The molecule has 210 valence electrons. The van der Waals surface area contributed by atoms with E-state index in [-0.39, 0.29) is 11.8 Å². The first-order valence-corrected chi connectivity index (χ1v) is 14.5. The van der Waals surface area contributed by atoms with Crippen molar-refractivity contribution in [3.05, 3.63) is 95.6 Å². The van der Waals surface area contributed by atoms with Crippen LogP contribution in [0.2, 0.25) is 0 Å². The number of nitrogens with zero attached hydrogens (tertiary/aromatic N) is 3. The summed E-state index contributed by atoms with van der Waals surface area (Å²) in [6.07, 6.45) is 2.40. The Morgan fingerprint density at radius 3 is 2.35 bits per heavy atom. The Kier molecular flexibility index (Phi) is 8.70. The van der Waals surface area contributed by atoms with Crippen LogP contribution in [0.15, 0.2) is 78.9 Å². The summed E-state index contributed by atoms with van der Waals surface area (Å²) in [5.74, 6) is 1.09. The van der Waals surface area contributed by atoms with E-state index in [1.807, 2.05) is 73.3 Å². The average molecular weight is 541 g/mol. The summed E-state index contributed by atoms with van der Waals surface area (Å²) in [6.45, 7) is 9.17. The van der Waals surface area contributed by atoms with Gasteiger partial charge in [0.2, 0.25) is 5.91 Å². The molecule has 0 saturated carbocycles. The number of benzene rings is 3. The van der Waals surface area contributed by atoms with Crippen LogP contribution in [0.1, 0.15) is 48.2 Å². The fraction of sp³-hybridized carbons (Fsp3) is 0.394. The van der Waals surface area contributed by atoms with Crippen molar-refractivity contribution in [1.29, 1.82) is 0 Å². The van der Waals surface area contributed by atoms with Gasteiger partial charge < -0.3 is 19.9 Å². The number of anilines is 1. The molecule has 2 aliphatic heterocycles. The Morgan fingerprint density at radius 2 is 1.65 bits per heavy atom. The smallest absolute Gasteiger partial charge is 0.253 e. The molecular formula is C33H40N4O3. The number of carbonyl (C=O) groups excluding carboxylic acids is 2. The third kappa shape index (κ3) is 5.99. The lowest BCUT2D eigenvalue weighted by atomic mass is 9.85. The van der Waals surface area contributed by atoms with Gasteiger partial charge in [-0.2, -0.15) is 0 Å². The number of para-hydroxylation sites is 1. The molecular weight excluding hydrogens is 500 g/mol. The SMILES string of the molecule is CCN(CC)C(=O)c1ccc(Cc2cccc(OCCN3CCC4(CC3)C(=O)NCN4c3ccccc3)c2)cc1. The fourth-order valence-corrected chi connectivity index (χ4v) is 5.91. The van der Waals surface area contributed by atoms with Gasteiger partial charge in [0.25, 0.3) is 5.91 Å². The van der Waals surface area contributed by atoms with E-state index in [2.05, 4.69) is 39.4 Å². The lowest BCUT2D eigenvalue weighted by Gasteiger charge is -2.43. The standard InChI is InChI=1S/C33H40N4O3/c1-3-36(4-2)31(38)28-15-13-26(14-16-28)23-27-9-8-12-30(24-27)40-22-21-35-19-17-33(18-20-35)32(39)34-25-37(33)29-10-6-5-7-11-29/h5-16,24H,3-4,17-23,25H2,1-2H3,(H,34,39). The van der Waals surface area contributed by atoms with Crippen LogP contribution in [-0.4, -0.2) is 73.2 Å². The topological polar surface area (TPSA) is 65.1 Å². The van der Waals surface area contributed by atoms with Gasteiger partial charge in [-0.1, -0.05) is 42.5 Å². The maximum atomic E-state index is 12.9. The van der Waals surface area contributed by atoms with E-state index in [0.717, 1.165) is 61.5 Å². The Balaban J connectivity index is 1.11. The summed E-state index contributed by atoms with van der Waals surface area (Å²) in [5, 5.41) is 3.07. The van der Waals surface area contributed by atoms with Gasteiger partial charge >= 0.3 is 0 Å². The summed E-state index contributed by atoms with van der Waals surface area (Å²) in [5.41, 5.74) is 3.71. The molecule has 0 aliphatic carbocycles. The molecule has 0 unspecified atom stereocenters. The number of nitrogens with one attached hydrogen (secondary N) is 1. The number of carbonyl (C=O) groups is 2. The van der Waals surface area contributed by atoms with Crippen LogP contribution < -0.4 is 15.0 Å². The molecule has 0 aromatic heterocycles.